The van der Waals surface area contributed by atoms with Gasteiger partial charge in [0.1, 0.15) is 0 Å². The lowest BCUT2D eigenvalue weighted by Crippen LogP contribution is -2.37. The molecule has 0 fully saturated rings. The maximum absolute atomic E-state index is 11.1. The topological polar surface area (TPSA) is 77.8 Å². The first-order valence-corrected chi connectivity index (χ1v) is 4.85. The maximum Gasteiger partial charge on any atom is 0.408 e. The van der Waals surface area contributed by atoms with Gasteiger partial charge in [-0.3, -0.25) is 4.90 Å². The number of likely N-dealkylation sites (N-methyl/N-ethyl adjacent to an activating group) is 1. The Balaban J connectivity index is 3.09. The van der Waals surface area contributed by atoms with E-state index in [9.17, 15) is 9.59 Å². The molecule has 0 radical (unpaired) electrons. The fourth-order valence-corrected chi connectivity index (χ4v) is 1.52. The number of rotatable bonds is 4. The SMILES string of the molecule is CCN(C(=O)O)[C@H](C(=O)O)c1ccccc1. The molecule has 0 spiro atoms. The number of carboxylic acid groups (broad SMARTS) is 2. The normalized spacial score (nSPS) is 11.8. The maximum atomic E-state index is 11.1. The monoisotopic (exact) mass is 223 g/mol. The van der Waals surface area contributed by atoms with Crippen LogP contribution in [0.3, 0.4) is 0 Å². The Kier molecular flexibility index (Phi) is 3.88. The second-order valence-electron chi connectivity index (χ2n) is 3.22. The Bertz CT molecular complexity index is 377. The van der Waals surface area contributed by atoms with Crippen LogP contribution in [0.4, 0.5) is 4.79 Å². The molecule has 0 aromatic heterocycles. The molecule has 0 saturated carbocycles. The Morgan fingerprint density at radius 1 is 1.25 bits per heavy atom. The van der Waals surface area contributed by atoms with E-state index in [1.165, 1.54) is 0 Å². The van der Waals surface area contributed by atoms with Gasteiger partial charge in [0.25, 0.3) is 0 Å². The number of aliphatic carboxylic acids is 1. The van der Waals surface area contributed by atoms with E-state index in [1.54, 1.807) is 37.3 Å². The van der Waals surface area contributed by atoms with Gasteiger partial charge in [0.2, 0.25) is 0 Å². The van der Waals surface area contributed by atoms with Crippen LogP contribution in [0.2, 0.25) is 0 Å². The first-order valence-electron chi connectivity index (χ1n) is 4.85. The van der Waals surface area contributed by atoms with Gasteiger partial charge in [0, 0.05) is 6.54 Å². The standard InChI is InChI=1S/C11H13NO4/c1-2-12(11(15)16)9(10(13)14)8-6-4-3-5-7-8/h3-7,9H,2H2,1H3,(H,13,14)(H,15,16)/t9-/m0/s1. The molecule has 1 amide bonds. The third-order valence-corrected chi connectivity index (χ3v) is 2.25. The van der Waals surface area contributed by atoms with E-state index in [0.29, 0.717) is 5.56 Å². The van der Waals surface area contributed by atoms with E-state index in [-0.39, 0.29) is 6.54 Å². The molecule has 0 aliphatic rings. The van der Waals surface area contributed by atoms with Gasteiger partial charge in [-0.2, -0.15) is 0 Å². The van der Waals surface area contributed by atoms with Crippen molar-refractivity contribution in [3.8, 4) is 0 Å². The van der Waals surface area contributed by atoms with Gasteiger partial charge >= 0.3 is 12.1 Å². The van der Waals surface area contributed by atoms with Gasteiger partial charge < -0.3 is 10.2 Å². The fourth-order valence-electron chi connectivity index (χ4n) is 1.52. The van der Waals surface area contributed by atoms with Crippen LogP contribution < -0.4 is 0 Å². The van der Waals surface area contributed by atoms with Crippen molar-refractivity contribution in [2.75, 3.05) is 6.54 Å². The summed E-state index contributed by atoms with van der Waals surface area (Å²) in [6, 6.07) is 7.17. The number of amides is 1. The summed E-state index contributed by atoms with van der Waals surface area (Å²) in [4.78, 5) is 22.9. The highest BCUT2D eigenvalue weighted by molar-refractivity contribution is 5.80. The molecule has 1 rings (SSSR count). The molecule has 0 unspecified atom stereocenters. The largest absolute Gasteiger partial charge is 0.479 e. The van der Waals surface area contributed by atoms with Gasteiger partial charge in [-0.25, -0.2) is 9.59 Å². The number of benzene rings is 1. The zero-order valence-corrected chi connectivity index (χ0v) is 8.83. The average molecular weight is 223 g/mol. The highest BCUT2D eigenvalue weighted by Crippen LogP contribution is 2.20. The van der Waals surface area contributed by atoms with Gasteiger partial charge in [-0.15, -0.1) is 0 Å². The molecule has 1 aromatic carbocycles. The van der Waals surface area contributed by atoms with Crippen molar-refractivity contribution in [1.82, 2.24) is 4.90 Å². The van der Waals surface area contributed by atoms with Crippen molar-refractivity contribution < 1.29 is 19.8 Å². The second kappa shape index (κ2) is 5.16. The summed E-state index contributed by atoms with van der Waals surface area (Å²) in [5, 5.41) is 18.0. The minimum absolute atomic E-state index is 0.126. The number of nitrogens with zero attached hydrogens (tertiary/aromatic N) is 1. The summed E-state index contributed by atoms with van der Waals surface area (Å²) >= 11 is 0. The zero-order chi connectivity index (χ0) is 12.1. The van der Waals surface area contributed by atoms with E-state index < -0.39 is 18.1 Å². The number of carboxylic acids is 1. The Hall–Kier alpha value is -2.04. The second-order valence-corrected chi connectivity index (χ2v) is 3.22. The lowest BCUT2D eigenvalue weighted by atomic mass is 10.1. The summed E-state index contributed by atoms with van der Waals surface area (Å²) < 4.78 is 0. The van der Waals surface area contributed by atoms with Crippen LogP contribution in [-0.4, -0.2) is 33.7 Å². The molecule has 0 aliphatic heterocycles. The minimum Gasteiger partial charge on any atom is -0.479 e. The molecule has 0 bridgehead atoms. The third kappa shape index (κ3) is 2.50. The number of carbonyl (C=O) groups is 2. The first-order chi connectivity index (χ1) is 7.57. The van der Waals surface area contributed by atoms with Crippen molar-refractivity contribution in [1.29, 1.82) is 0 Å². The van der Waals surface area contributed by atoms with Gasteiger partial charge in [0.15, 0.2) is 6.04 Å². The van der Waals surface area contributed by atoms with Crippen LogP contribution >= 0.6 is 0 Å². The summed E-state index contributed by atoms with van der Waals surface area (Å²) in [7, 11) is 0. The van der Waals surface area contributed by atoms with Crippen LogP contribution in [0.15, 0.2) is 30.3 Å². The van der Waals surface area contributed by atoms with Crippen LogP contribution in [0.25, 0.3) is 0 Å². The predicted octanol–water partition coefficient (Wildman–Crippen LogP) is 1.81. The van der Waals surface area contributed by atoms with Crippen LogP contribution in [0, 0.1) is 0 Å². The molecule has 2 N–H and O–H groups in total. The van der Waals surface area contributed by atoms with Crippen molar-refractivity contribution >= 4 is 12.1 Å². The molecular weight excluding hydrogens is 210 g/mol. The smallest absolute Gasteiger partial charge is 0.408 e. The molecule has 0 aliphatic carbocycles. The predicted molar refractivity (Wildman–Crippen MR) is 57.2 cm³/mol. The van der Waals surface area contributed by atoms with Crippen molar-refractivity contribution in [2.24, 2.45) is 0 Å². The summed E-state index contributed by atoms with van der Waals surface area (Å²) in [5.74, 6) is -1.17. The summed E-state index contributed by atoms with van der Waals surface area (Å²) in [6.45, 7) is 1.73. The molecule has 1 aromatic rings. The summed E-state index contributed by atoms with van der Waals surface area (Å²) in [5.41, 5.74) is 0.458. The third-order valence-electron chi connectivity index (χ3n) is 2.25. The Morgan fingerprint density at radius 2 is 1.81 bits per heavy atom. The Morgan fingerprint density at radius 3 is 2.19 bits per heavy atom. The quantitative estimate of drug-likeness (QED) is 0.816. The van der Waals surface area contributed by atoms with Crippen LogP contribution in [0.1, 0.15) is 18.5 Å². The first kappa shape index (κ1) is 12.0. The van der Waals surface area contributed by atoms with Crippen molar-refractivity contribution in [3.05, 3.63) is 35.9 Å². The molecule has 5 heteroatoms. The molecule has 86 valence electrons. The van der Waals surface area contributed by atoms with Gasteiger partial charge in [-0.1, -0.05) is 30.3 Å². The van der Waals surface area contributed by atoms with E-state index in [2.05, 4.69) is 0 Å². The average Bonchev–Trinajstić information content (AvgIpc) is 2.25. The van der Waals surface area contributed by atoms with Gasteiger partial charge in [0.05, 0.1) is 0 Å². The summed E-state index contributed by atoms with van der Waals surface area (Å²) in [6.07, 6.45) is -1.24. The highest BCUT2D eigenvalue weighted by Gasteiger charge is 2.29. The number of hydrogen-bond donors (Lipinski definition) is 2. The fraction of sp³-hybridized carbons (Fsp3) is 0.273. The number of hydrogen-bond acceptors (Lipinski definition) is 2. The van der Waals surface area contributed by atoms with Crippen LogP contribution in [-0.2, 0) is 4.79 Å². The lowest BCUT2D eigenvalue weighted by Gasteiger charge is -2.25. The zero-order valence-electron chi connectivity index (χ0n) is 8.83. The molecule has 16 heavy (non-hydrogen) atoms. The Labute approximate surface area is 92.9 Å². The molecular formula is C11H13NO4. The van der Waals surface area contributed by atoms with Crippen molar-refractivity contribution in [2.45, 2.75) is 13.0 Å². The van der Waals surface area contributed by atoms with E-state index in [4.69, 9.17) is 10.2 Å². The van der Waals surface area contributed by atoms with E-state index >= 15 is 0 Å². The molecule has 0 saturated heterocycles. The van der Waals surface area contributed by atoms with E-state index in [0.717, 1.165) is 4.90 Å². The lowest BCUT2D eigenvalue weighted by molar-refractivity contribution is -0.142. The molecule has 1 atom stereocenters. The van der Waals surface area contributed by atoms with Gasteiger partial charge in [-0.05, 0) is 12.5 Å². The highest BCUT2D eigenvalue weighted by atomic mass is 16.4. The molecule has 5 nitrogen and oxygen atoms in total. The minimum atomic E-state index is -1.24. The van der Waals surface area contributed by atoms with E-state index in [1.807, 2.05) is 0 Å². The van der Waals surface area contributed by atoms with Crippen LogP contribution in [0.5, 0.6) is 0 Å². The molecule has 0 heterocycles. The van der Waals surface area contributed by atoms with Crippen molar-refractivity contribution in [3.63, 3.8) is 0 Å².